The summed E-state index contributed by atoms with van der Waals surface area (Å²) in [6.45, 7) is 2.95. The summed E-state index contributed by atoms with van der Waals surface area (Å²) in [5.41, 5.74) is 1.08. The maximum absolute atomic E-state index is 5.54. The first-order valence-corrected chi connectivity index (χ1v) is 5.69. The Morgan fingerprint density at radius 2 is 2.31 bits per heavy atom. The van der Waals surface area contributed by atoms with Crippen molar-refractivity contribution in [3.8, 4) is 0 Å². The lowest BCUT2D eigenvalue weighted by Crippen LogP contribution is -2.27. The second-order valence-corrected chi connectivity index (χ2v) is 4.38. The van der Waals surface area contributed by atoms with E-state index in [0.29, 0.717) is 6.04 Å². The van der Waals surface area contributed by atoms with E-state index in [4.69, 9.17) is 4.74 Å². The fourth-order valence-electron chi connectivity index (χ4n) is 1.99. The lowest BCUT2D eigenvalue weighted by atomic mass is 10.1. The molecule has 0 radical (unpaired) electrons. The molecule has 1 aliphatic heterocycles. The number of aromatic nitrogens is 1. The number of nitrogens with one attached hydrogen (secondary N) is 1. The Bertz CT molecular complexity index is 354. The van der Waals surface area contributed by atoms with E-state index >= 15 is 0 Å². The molecule has 1 saturated heterocycles. The summed E-state index contributed by atoms with van der Waals surface area (Å²) in [4.78, 5) is 6.38. The third kappa shape index (κ3) is 2.27. The monoisotopic (exact) mass is 221 g/mol. The van der Waals surface area contributed by atoms with E-state index < -0.39 is 0 Å². The van der Waals surface area contributed by atoms with E-state index in [-0.39, 0.29) is 6.10 Å². The van der Waals surface area contributed by atoms with Crippen molar-refractivity contribution in [2.45, 2.75) is 25.5 Å². The number of nitrogens with zero attached hydrogens (tertiary/aromatic N) is 2. The molecule has 0 saturated carbocycles. The van der Waals surface area contributed by atoms with Gasteiger partial charge in [-0.3, -0.25) is 0 Å². The van der Waals surface area contributed by atoms with Crippen LogP contribution in [0.5, 0.6) is 0 Å². The Kier molecular flexibility index (Phi) is 3.29. The highest BCUT2D eigenvalue weighted by molar-refractivity contribution is 5.65. The minimum atomic E-state index is 0.273. The van der Waals surface area contributed by atoms with Crippen LogP contribution < -0.4 is 10.2 Å². The third-order valence-electron chi connectivity index (χ3n) is 2.93. The molecular weight excluding hydrogens is 202 g/mol. The summed E-state index contributed by atoms with van der Waals surface area (Å²) < 4.78 is 5.54. The number of rotatable bonds is 3. The zero-order valence-corrected chi connectivity index (χ0v) is 10.1. The molecule has 1 fully saturated rings. The van der Waals surface area contributed by atoms with E-state index in [9.17, 15) is 0 Å². The topological polar surface area (TPSA) is 37.4 Å². The normalized spacial score (nSPS) is 24.4. The second-order valence-electron chi connectivity index (χ2n) is 4.38. The Balaban J connectivity index is 2.14. The Hall–Kier alpha value is -1.29. The van der Waals surface area contributed by atoms with E-state index in [2.05, 4.69) is 23.3 Å². The molecule has 0 spiro atoms. The lowest BCUT2D eigenvalue weighted by molar-refractivity contribution is 0.121. The predicted octanol–water partition coefficient (Wildman–Crippen LogP) is 1.74. The summed E-state index contributed by atoms with van der Waals surface area (Å²) >= 11 is 0. The predicted molar refractivity (Wildman–Crippen MR) is 66.0 cm³/mol. The molecule has 88 valence electrons. The Morgan fingerprint density at radius 1 is 1.50 bits per heavy atom. The SMILES string of the molecule is CC1OCCC1Nc1cccnc1N(C)C. The van der Waals surface area contributed by atoms with Gasteiger partial charge < -0.3 is 15.0 Å². The van der Waals surface area contributed by atoms with Crippen molar-refractivity contribution in [3.05, 3.63) is 18.3 Å². The molecule has 2 unspecified atom stereocenters. The number of anilines is 2. The summed E-state index contributed by atoms with van der Waals surface area (Å²) in [6, 6.07) is 4.41. The average molecular weight is 221 g/mol. The maximum atomic E-state index is 5.54. The molecule has 2 rings (SSSR count). The van der Waals surface area contributed by atoms with Gasteiger partial charge in [0.1, 0.15) is 0 Å². The molecule has 1 aliphatic rings. The fraction of sp³-hybridized carbons (Fsp3) is 0.583. The summed E-state index contributed by atoms with van der Waals surface area (Å²) in [5.74, 6) is 0.974. The van der Waals surface area contributed by atoms with Crippen LogP contribution in [0.3, 0.4) is 0 Å². The van der Waals surface area contributed by atoms with Gasteiger partial charge in [-0.2, -0.15) is 0 Å². The third-order valence-corrected chi connectivity index (χ3v) is 2.93. The van der Waals surface area contributed by atoms with Gasteiger partial charge in [-0.25, -0.2) is 4.98 Å². The van der Waals surface area contributed by atoms with Crippen LogP contribution in [0.1, 0.15) is 13.3 Å². The van der Waals surface area contributed by atoms with Gasteiger partial charge in [0, 0.05) is 26.9 Å². The van der Waals surface area contributed by atoms with E-state index in [0.717, 1.165) is 24.5 Å². The van der Waals surface area contributed by atoms with Crippen LogP contribution in [0.4, 0.5) is 11.5 Å². The number of pyridine rings is 1. The van der Waals surface area contributed by atoms with Crippen LogP contribution >= 0.6 is 0 Å². The first kappa shape index (κ1) is 11.2. The average Bonchev–Trinajstić information content (AvgIpc) is 2.65. The molecule has 0 amide bonds. The molecule has 0 aromatic carbocycles. The van der Waals surface area contributed by atoms with Crippen LogP contribution in [0, 0.1) is 0 Å². The van der Waals surface area contributed by atoms with Crippen molar-refractivity contribution in [2.24, 2.45) is 0 Å². The molecule has 0 bridgehead atoms. The van der Waals surface area contributed by atoms with Crippen molar-refractivity contribution in [1.29, 1.82) is 0 Å². The van der Waals surface area contributed by atoms with Crippen molar-refractivity contribution >= 4 is 11.5 Å². The molecule has 1 aromatic rings. The van der Waals surface area contributed by atoms with Crippen LogP contribution in [-0.2, 0) is 4.74 Å². The number of hydrogen-bond acceptors (Lipinski definition) is 4. The summed E-state index contributed by atoms with van der Waals surface area (Å²) in [6.07, 6.45) is 3.15. The Morgan fingerprint density at radius 3 is 2.94 bits per heavy atom. The first-order valence-electron chi connectivity index (χ1n) is 5.69. The van der Waals surface area contributed by atoms with Crippen LogP contribution in [-0.4, -0.2) is 37.8 Å². The second kappa shape index (κ2) is 4.70. The van der Waals surface area contributed by atoms with Crippen molar-refractivity contribution in [1.82, 2.24) is 4.98 Å². The van der Waals surface area contributed by atoms with E-state index in [1.807, 2.05) is 31.3 Å². The first-order chi connectivity index (χ1) is 7.68. The molecule has 4 heteroatoms. The van der Waals surface area contributed by atoms with E-state index in [1.165, 1.54) is 0 Å². The molecule has 4 nitrogen and oxygen atoms in total. The van der Waals surface area contributed by atoms with Gasteiger partial charge in [-0.05, 0) is 25.5 Å². The van der Waals surface area contributed by atoms with Crippen LogP contribution in [0.2, 0.25) is 0 Å². The fourth-order valence-corrected chi connectivity index (χ4v) is 1.99. The van der Waals surface area contributed by atoms with Crippen molar-refractivity contribution < 1.29 is 4.74 Å². The zero-order chi connectivity index (χ0) is 11.5. The minimum Gasteiger partial charge on any atom is -0.377 e. The van der Waals surface area contributed by atoms with Gasteiger partial charge >= 0.3 is 0 Å². The highest BCUT2D eigenvalue weighted by Crippen LogP contribution is 2.25. The van der Waals surface area contributed by atoms with Gasteiger partial charge in [-0.15, -0.1) is 0 Å². The molecule has 2 atom stereocenters. The highest BCUT2D eigenvalue weighted by atomic mass is 16.5. The van der Waals surface area contributed by atoms with Gasteiger partial charge in [0.05, 0.1) is 17.8 Å². The summed E-state index contributed by atoms with van der Waals surface area (Å²) in [5, 5.41) is 3.51. The standard InChI is InChI=1S/C12H19N3O/c1-9-10(6-8-16-9)14-11-5-4-7-13-12(11)15(2)3/h4-5,7,9-10,14H,6,8H2,1-3H3. The van der Waals surface area contributed by atoms with Gasteiger partial charge in [0.25, 0.3) is 0 Å². The van der Waals surface area contributed by atoms with Crippen LogP contribution in [0.15, 0.2) is 18.3 Å². The van der Waals surface area contributed by atoms with Gasteiger partial charge in [0.15, 0.2) is 5.82 Å². The molecule has 16 heavy (non-hydrogen) atoms. The molecular formula is C12H19N3O. The number of ether oxygens (including phenoxy) is 1. The summed E-state index contributed by atoms with van der Waals surface area (Å²) in [7, 11) is 4.00. The van der Waals surface area contributed by atoms with Crippen molar-refractivity contribution in [2.75, 3.05) is 30.9 Å². The molecule has 1 N–H and O–H groups in total. The molecule has 2 heterocycles. The Labute approximate surface area is 96.6 Å². The maximum Gasteiger partial charge on any atom is 0.151 e. The molecule has 0 aliphatic carbocycles. The molecule has 1 aromatic heterocycles. The van der Waals surface area contributed by atoms with Gasteiger partial charge in [0.2, 0.25) is 0 Å². The quantitative estimate of drug-likeness (QED) is 0.843. The minimum absolute atomic E-state index is 0.273. The number of hydrogen-bond donors (Lipinski definition) is 1. The zero-order valence-electron chi connectivity index (χ0n) is 10.1. The largest absolute Gasteiger partial charge is 0.377 e. The smallest absolute Gasteiger partial charge is 0.151 e. The van der Waals surface area contributed by atoms with Crippen LogP contribution in [0.25, 0.3) is 0 Å². The lowest BCUT2D eigenvalue weighted by Gasteiger charge is -2.21. The van der Waals surface area contributed by atoms with Crippen molar-refractivity contribution in [3.63, 3.8) is 0 Å². The van der Waals surface area contributed by atoms with Gasteiger partial charge in [-0.1, -0.05) is 0 Å². The van der Waals surface area contributed by atoms with E-state index in [1.54, 1.807) is 0 Å². The highest BCUT2D eigenvalue weighted by Gasteiger charge is 2.24.